The molecule has 2 rings (SSSR count). The summed E-state index contributed by atoms with van der Waals surface area (Å²) in [5.41, 5.74) is 1.02. The van der Waals surface area contributed by atoms with E-state index < -0.39 is 0 Å². The van der Waals surface area contributed by atoms with Crippen LogP contribution in [0.1, 0.15) is 106 Å². The van der Waals surface area contributed by atoms with E-state index in [1.165, 1.54) is 0 Å². The Bertz CT molecular complexity index is 780. The zero-order valence-corrected chi connectivity index (χ0v) is 23.8. The second kappa shape index (κ2) is 11.1. The van der Waals surface area contributed by atoms with Crippen LogP contribution >= 0.6 is 0 Å². The first kappa shape index (κ1) is 28.8. The summed E-state index contributed by atoms with van der Waals surface area (Å²) in [4.78, 5) is 28.2. The molecule has 0 aromatic carbocycles. The van der Waals surface area contributed by atoms with Crippen LogP contribution in [-0.4, -0.2) is 53.7 Å². The molecule has 0 N–H and O–H groups in total. The molecule has 0 amide bonds. The molecule has 0 radical (unpaired) electrons. The Morgan fingerprint density at radius 3 is 2.12 bits per heavy atom. The maximum Gasteiger partial charge on any atom is 0.164 e. The van der Waals surface area contributed by atoms with Gasteiger partial charge in [0.25, 0.3) is 0 Å². The van der Waals surface area contributed by atoms with Gasteiger partial charge in [-0.1, -0.05) is 59.5 Å². The van der Waals surface area contributed by atoms with Gasteiger partial charge in [0.2, 0.25) is 0 Å². The molecule has 4 nitrogen and oxygen atoms in total. The third kappa shape index (κ3) is 8.07. The number of carbonyl (C=O) groups excluding carboxylic acids is 2. The van der Waals surface area contributed by atoms with Gasteiger partial charge >= 0.3 is 0 Å². The number of hydrogen-bond donors (Lipinski definition) is 0. The zero-order valence-electron chi connectivity index (χ0n) is 23.8. The van der Waals surface area contributed by atoms with Crippen LogP contribution in [0.4, 0.5) is 0 Å². The zero-order chi connectivity index (χ0) is 25.8. The number of quaternary nitrogens is 1. The highest BCUT2D eigenvalue weighted by Gasteiger charge is 2.39. The molecule has 0 aromatic heterocycles. The van der Waals surface area contributed by atoms with Crippen LogP contribution in [0.15, 0.2) is 24.0 Å². The molecule has 0 saturated carbocycles. The van der Waals surface area contributed by atoms with E-state index >= 15 is 0 Å². The van der Waals surface area contributed by atoms with Gasteiger partial charge in [-0.2, -0.15) is 0 Å². The van der Waals surface area contributed by atoms with E-state index in [1.54, 1.807) is 0 Å². The molecule has 0 saturated heterocycles. The van der Waals surface area contributed by atoms with Crippen LogP contribution in [0.3, 0.4) is 0 Å². The monoisotopic (exact) mass is 473 g/mol. The quantitative estimate of drug-likeness (QED) is 0.242. The van der Waals surface area contributed by atoms with Gasteiger partial charge in [0, 0.05) is 42.7 Å². The molecule has 4 heteroatoms. The number of ketones is 2. The van der Waals surface area contributed by atoms with Crippen LogP contribution < -0.4 is 0 Å². The average Bonchev–Trinajstić information content (AvgIpc) is 2.70. The highest BCUT2D eigenvalue weighted by Crippen LogP contribution is 2.38. The first-order chi connectivity index (χ1) is 15.6. The predicted octanol–water partition coefficient (Wildman–Crippen LogP) is 6.91. The Hall–Kier alpha value is -1.42. The summed E-state index contributed by atoms with van der Waals surface area (Å²) in [6, 6.07) is 0. The number of Topliss-reactive ketones (excluding diaryl/α,β-unsaturated/α-hetero) is 2. The topological polar surface area (TPSA) is 37.4 Å². The van der Waals surface area contributed by atoms with Gasteiger partial charge in [0.15, 0.2) is 5.78 Å². The number of carbonyl (C=O) groups is 2. The van der Waals surface area contributed by atoms with E-state index in [0.717, 1.165) is 68.1 Å². The van der Waals surface area contributed by atoms with Crippen LogP contribution in [0.2, 0.25) is 0 Å². The Morgan fingerprint density at radius 2 is 1.53 bits per heavy atom. The minimum Gasteiger partial charge on any atom is -0.372 e. The molecule has 1 unspecified atom stereocenters. The van der Waals surface area contributed by atoms with Gasteiger partial charge in [-0.15, -0.1) is 0 Å². The molecule has 0 fully saturated rings. The van der Waals surface area contributed by atoms with Crippen molar-refractivity contribution in [2.24, 2.45) is 16.7 Å². The van der Waals surface area contributed by atoms with E-state index in [0.29, 0.717) is 24.4 Å². The van der Waals surface area contributed by atoms with E-state index in [1.807, 2.05) is 0 Å². The molecule has 34 heavy (non-hydrogen) atoms. The van der Waals surface area contributed by atoms with E-state index in [9.17, 15) is 9.59 Å². The third-order valence-electron chi connectivity index (χ3n) is 8.11. The van der Waals surface area contributed by atoms with Crippen molar-refractivity contribution >= 4 is 11.6 Å². The van der Waals surface area contributed by atoms with Crippen LogP contribution in [0.5, 0.6) is 0 Å². The van der Waals surface area contributed by atoms with Gasteiger partial charge < -0.3 is 9.38 Å². The van der Waals surface area contributed by atoms with Gasteiger partial charge in [-0.05, 0) is 45.2 Å². The summed E-state index contributed by atoms with van der Waals surface area (Å²) in [7, 11) is 4.36. The molecular formula is C30H53N2O2+. The smallest absolute Gasteiger partial charge is 0.164 e. The molecule has 1 atom stereocenters. The lowest BCUT2D eigenvalue weighted by atomic mass is 9.73. The van der Waals surface area contributed by atoms with E-state index in [4.69, 9.17) is 0 Å². The summed E-state index contributed by atoms with van der Waals surface area (Å²) < 4.78 is 0.811. The van der Waals surface area contributed by atoms with Crippen molar-refractivity contribution in [2.75, 3.05) is 27.2 Å². The van der Waals surface area contributed by atoms with Crippen molar-refractivity contribution in [3.8, 4) is 0 Å². The first-order valence-electron chi connectivity index (χ1n) is 13.6. The summed E-state index contributed by atoms with van der Waals surface area (Å²) in [5.74, 6) is 0.832. The minimum atomic E-state index is -0.0677. The summed E-state index contributed by atoms with van der Waals surface area (Å²) in [5, 5.41) is 0. The normalized spacial score (nSPS) is 23.5. The molecule has 0 aromatic rings. The third-order valence-corrected chi connectivity index (χ3v) is 8.11. The molecule has 2 aliphatic rings. The van der Waals surface area contributed by atoms with E-state index in [2.05, 4.69) is 85.9 Å². The van der Waals surface area contributed by atoms with Gasteiger partial charge in [-0.3, -0.25) is 9.59 Å². The maximum atomic E-state index is 13.0. The fraction of sp³-hybridized carbons (Fsp3) is 0.800. The number of nitrogens with zero attached hydrogens (tertiary/aromatic N) is 2. The van der Waals surface area contributed by atoms with Crippen molar-refractivity contribution in [1.82, 2.24) is 4.90 Å². The fourth-order valence-corrected chi connectivity index (χ4v) is 5.25. The van der Waals surface area contributed by atoms with Crippen molar-refractivity contribution < 1.29 is 14.1 Å². The molecular weight excluding hydrogens is 420 g/mol. The van der Waals surface area contributed by atoms with Crippen molar-refractivity contribution in [3.05, 3.63) is 24.0 Å². The second-order valence-corrected chi connectivity index (χ2v) is 13.7. The lowest BCUT2D eigenvalue weighted by Crippen LogP contribution is -2.48. The Balaban J connectivity index is 1.66. The Kier molecular flexibility index (Phi) is 9.41. The van der Waals surface area contributed by atoms with Crippen molar-refractivity contribution in [3.63, 3.8) is 0 Å². The number of unbranched alkanes of at least 4 members (excludes halogenated alkanes) is 5. The number of rotatable bonds is 11. The summed E-state index contributed by atoms with van der Waals surface area (Å²) in [6.07, 6.45) is 15.5. The van der Waals surface area contributed by atoms with E-state index in [-0.39, 0.29) is 22.3 Å². The summed E-state index contributed by atoms with van der Waals surface area (Å²) >= 11 is 0. The highest BCUT2D eigenvalue weighted by molar-refractivity contribution is 5.96. The Morgan fingerprint density at radius 1 is 0.971 bits per heavy atom. The van der Waals surface area contributed by atoms with Gasteiger partial charge in [0.1, 0.15) is 12.0 Å². The number of allylic oxidation sites excluding steroid dienone is 2. The Labute approximate surface area is 210 Å². The highest BCUT2D eigenvalue weighted by atomic mass is 16.1. The number of hydrogen-bond acceptors (Lipinski definition) is 3. The molecule has 0 spiro atoms. The molecule has 0 aliphatic carbocycles. The van der Waals surface area contributed by atoms with Crippen LogP contribution in [-0.2, 0) is 9.59 Å². The van der Waals surface area contributed by atoms with Gasteiger partial charge in [0.05, 0.1) is 26.2 Å². The lowest BCUT2D eigenvalue weighted by Gasteiger charge is -2.45. The minimum absolute atomic E-state index is 0.00396. The molecule has 2 aliphatic heterocycles. The van der Waals surface area contributed by atoms with Crippen LogP contribution in [0.25, 0.3) is 0 Å². The summed E-state index contributed by atoms with van der Waals surface area (Å²) in [6.45, 7) is 17.3. The second-order valence-electron chi connectivity index (χ2n) is 13.7. The molecule has 2 heterocycles. The first-order valence-corrected chi connectivity index (χ1v) is 13.6. The largest absolute Gasteiger partial charge is 0.372 e. The SMILES string of the molecule is CC1(C)CC[N+](C)(C)C=C1C(=O)CCCCCCCCC(=O)C1CN(C(C)(C)C)C=CC1(C)C. The maximum absolute atomic E-state index is 13.0. The van der Waals surface area contributed by atoms with Crippen molar-refractivity contribution in [1.29, 1.82) is 0 Å². The predicted molar refractivity (Wildman–Crippen MR) is 143 cm³/mol. The fourth-order valence-electron chi connectivity index (χ4n) is 5.25. The van der Waals surface area contributed by atoms with Crippen molar-refractivity contribution in [2.45, 2.75) is 112 Å². The molecule has 194 valence electrons. The standard InChI is InChI=1S/C30H53N2O2/c1-28(2,3)31-20-18-29(4,5)24(22-31)26(33)16-14-12-10-11-13-15-17-27(34)25-23-32(8,9)21-19-30(25,6)7/h18,20,23-24H,10-17,19,21-22H2,1-9H3/q+1. The van der Waals surface area contributed by atoms with Crippen LogP contribution in [0, 0.1) is 16.7 Å². The van der Waals surface area contributed by atoms with Gasteiger partial charge in [-0.25, -0.2) is 0 Å². The molecule has 0 bridgehead atoms. The average molecular weight is 474 g/mol. The lowest BCUT2D eigenvalue weighted by molar-refractivity contribution is -0.842.